The molecule has 0 saturated heterocycles. The highest BCUT2D eigenvalue weighted by Gasteiger charge is 2.20. The lowest BCUT2D eigenvalue weighted by molar-refractivity contribution is 1.29. The van der Waals surface area contributed by atoms with E-state index in [1.165, 1.54) is 63.3 Å². The maximum Gasteiger partial charge on any atom is 0.0540 e. The van der Waals surface area contributed by atoms with Crippen molar-refractivity contribution in [3.63, 3.8) is 0 Å². The molecular formula is C54H40N2S2. The number of fused-ring (bicyclic) bond motifs is 2. The van der Waals surface area contributed by atoms with Gasteiger partial charge in [0.15, 0.2) is 0 Å². The van der Waals surface area contributed by atoms with Gasteiger partial charge in [0.2, 0.25) is 0 Å². The Morgan fingerprint density at radius 1 is 0.293 bits per heavy atom. The number of hydrogen-bond acceptors (Lipinski definition) is 4. The van der Waals surface area contributed by atoms with Crippen LogP contribution in [0.2, 0.25) is 0 Å². The molecule has 0 amide bonds. The highest BCUT2D eigenvalue weighted by atomic mass is 32.1. The van der Waals surface area contributed by atoms with Gasteiger partial charge in [-0.15, -0.1) is 22.7 Å². The highest BCUT2D eigenvalue weighted by molar-refractivity contribution is 7.15. The predicted molar refractivity (Wildman–Crippen MR) is 252 cm³/mol. The second kappa shape index (κ2) is 15.3. The van der Waals surface area contributed by atoms with Crippen molar-refractivity contribution < 1.29 is 0 Å². The molecule has 4 heteroatoms. The first-order chi connectivity index (χ1) is 28.6. The van der Waals surface area contributed by atoms with Crippen molar-refractivity contribution in [2.75, 3.05) is 9.80 Å². The summed E-state index contributed by atoms with van der Waals surface area (Å²) in [5, 5.41) is 4.96. The van der Waals surface area contributed by atoms with E-state index in [0.29, 0.717) is 0 Å². The van der Waals surface area contributed by atoms with E-state index in [1.807, 2.05) is 22.7 Å². The van der Waals surface area contributed by atoms with E-state index in [-0.39, 0.29) is 0 Å². The lowest BCUT2D eigenvalue weighted by Gasteiger charge is -2.28. The van der Waals surface area contributed by atoms with Crippen molar-refractivity contribution >= 4 is 78.3 Å². The molecule has 2 aromatic heterocycles. The van der Waals surface area contributed by atoms with E-state index in [2.05, 4.69) is 230 Å². The molecule has 0 saturated carbocycles. The molecule has 0 unspecified atom stereocenters. The lowest BCUT2D eigenvalue weighted by Crippen LogP contribution is -2.10. The fourth-order valence-corrected chi connectivity index (χ4v) is 9.97. The van der Waals surface area contributed by atoms with E-state index in [4.69, 9.17) is 0 Å². The van der Waals surface area contributed by atoms with Gasteiger partial charge in [-0.05, 0) is 132 Å². The molecule has 0 aliphatic heterocycles. The molecule has 10 aromatic rings. The average Bonchev–Trinajstić information content (AvgIpc) is 3.93. The Morgan fingerprint density at radius 3 is 1.00 bits per heavy atom. The molecule has 0 N–H and O–H groups in total. The number of rotatable bonds is 9. The normalized spacial score (nSPS) is 11.3. The zero-order valence-corrected chi connectivity index (χ0v) is 34.0. The lowest BCUT2D eigenvalue weighted by atomic mass is 9.99. The standard InChI is InChI=1S/C54H40N2S2/c1-37-21-35-53(57-37)49-31-33-51(47-19-11-9-17-45(47)49)55(41-13-5-3-6-14-41)43-27-23-39(24-28-43)40-25-29-44(30-26-40)56(42-15-7-4-8-16-42)52-34-32-50(54-36-22-38(2)58-54)46-18-10-12-20-48(46)52/h3-36H,1-2H3. The van der Waals surface area contributed by atoms with Crippen molar-refractivity contribution in [2.24, 2.45) is 0 Å². The third-order valence-electron chi connectivity index (χ3n) is 10.9. The SMILES string of the molecule is Cc1ccc(-c2ccc(N(c3ccccc3)c3ccc(-c4ccc(N(c5ccccc5)c5ccc(-c6ccc(C)s6)c6ccccc56)cc4)cc3)c3ccccc23)s1. The summed E-state index contributed by atoms with van der Waals surface area (Å²) < 4.78 is 0. The number of hydrogen-bond donors (Lipinski definition) is 0. The molecule has 0 bridgehead atoms. The van der Waals surface area contributed by atoms with Crippen LogP contribution in [0.25, 0.3) is 53.6 Å². The number of thiophene rings is 2. The first-order valence-electron chi connectivity index (χ1n) is 19.7. The molecule has 0 spiro atoms. The summed E-state index contributed by atoms with van der Waals surface area (Å²) in [6.07, 6.45) is 0. The van der Waals surface area contributed by atoms with Crippen LogP contribution in [0.5, 0.6) is 0 Å². The molecule has 2 nitrogen and oxygen atoms in total. The zero-order chi connectivity index (χ0) is 39.0. The van der Waals surface area contributed by atoms with E-state index < -0.39 is 0 Å². The molecule has 0 atom stereocenters. The van der Waals surface area contributed by atoms with Crippen LogP contribution in [0.4, 0.5) is 34.1 Å². The molecular weight excluding hydrogens is 741 g/mol. The molecule has 2 heterocycles. The summed E-state index contributed by atoms with van der Waals surface area (Å²) in [5.41, 5.74) is 11.7. The second-order valence-electron chi connectivity index (χ2n) is 14.6. The maximum absolute atomic E-state index is 2.38. The molecule has 8 aromatic carbocycles. The van der Waals surface area contributed by atoms with Gasteiger partial charge in [-0.3, -0.25) is 0 Å². The summed E-state index contributed by atoms with van der Waals surface area (Å²) in [5.74, 6) is 0. The predicted octanol–water partition coefficient (Wildman–Crippen LogP) is 16.7. The zero-order valence-electron chi connectivity index (χ0n) is 32.3. The second-order valence-corrected chi connectivity index (χ2v) is 17.2. The van der Waals surface area contributed by atoms with Crippen LogP contribution < -0.4 is 9.80 Å². The first-order valence-corrected chi connectivity index (χ1v) is 21.3. The molecule has 58 heavy (non-hydrogen) atoms. The molecule has 278 valence electrons. The third kappa shape index (κ3) is 6.67. The molecule has 10 rings (SSSR count). The van der Waals surface area contributed by atoms with Gasteiger partial charge in [-0.1, -0.05) is 121 Å². The molecule has 0 fully saturated rings. The minimum Gasteiger partial charge on any atom is -0.310 e. The molecule has 0 aliphatic carbocycles. The number of nitrogens with zero attached hydrogens (tertiary/aromatic N) is 2. The van der Waals surface area contributed by atoms with Crippen molar-refractivity contribution in [3.05, 3.63) is 216 Å². The van der Waals surface area contributed by atoms with E-state index in [0.717, 1.165) is 34.1 Å². The van der Waals surface area contributed by atoms with Crippen LogP contribution >= 0.6 is 22.7 Å². The number of aryl methyl sites for hydroxylation is 2. The van der Waals surface area contributed by atoms with Crippen molar-refractivity contribution in [3.8, 4) is 32.0 Å². The Bertz CT molecular complexity index is 2810. The smallest absolute Gasteiger partial charge is 0.0540 e. The summed E-state index contributed by atoms with van der Waals surface area (Å²) in [7, 11) is 0. The van der Waals surface area contributed by atoms with E-state index in [1.54, 1.807) is 0 Å². The number of benzene rings is 8. The van der Waals surface area contributed by atoms with Gasteiger partial charge in [0, 0.05) is 53.0 Å². The number of anilines is 6. The third-order valence-corrected chi connectivity index (χ3v) is 13.0. The van der Waals surface area contributed by atoms with Crippen LogP contribution in [-0.2, 0) is 0 Å². The van der Waals surface area contributed by atoms with Gasteiger partial charge in [-0.25, -0.2) is 0 Å². The topological polar surface area (TPSA) is 6.48 Å². The van der Waals surface area contributed by atoms with Gasteiger partial charge >= 0.3 is 0 Å². The number of para-hydroxylation sites is 2. The monoisotopic (exact) mass is 780 g/mol. The van der Waals surface area contributed by atoms with E-state index >= 15 is 0 Å². The van der Waals surface area contributed by atoms with Gasteiger partial charge in [-0.2, -0.15) is 0 Å². The van der Waals surface area contributed by atoms with E-state index in [9.17, 15) is 0 Å². The van der Waals surface area contributed by atoms with Gasteiger partial charge in [0.25, 0.3) is 0 Å². The quantitative estimate of drug-likeness (QED) is 0.144. The minimum absolute atomic E-state index is 1.11. The fraction of sp³-hybridized carbons (Fsp3) is 0.0370. The molecule has 0 aliphatic rings. The summed E-state index contributed by atoms with van der Waals surface area (Å²) in [6, 6.07) is 75.0. The van der Waals surface area contributed by atoms with Gasteiger partial charge < -0.3 is 9.80 Å². The van der Waals surface area contributed by atoms with Crippen LogP contribution in [0.15, 0.2) is 206 Å². The Balaban J connectivity index is 1.01. The Hall–Kier alpha value is -6.72. The Kier molecular flexibility index (Phi) is 9.42. The maximum atomic E-state index is 2.38. The van der Waals surface area contributed by atoms with Crippen LogP contribution in [-0.4, -0.2) is 0 Å². The summed E-state index contributed by atoms with van der Waals surface area (Å²) >= 11 is 3.69. The summed E-state index contributed by atoms with van der Waals surface area (Å²) in [4.78, 5) is 9.99. The van der Waals surface area contributed by atoms with Gasteiger partial charge in [0.1, 0.15) is 0 Å². The van der Waals surface area contributed by atoms with Crippen molar-refractivity contribution in [1.82, 2.24) is 0 Å². The van der Waals surface area contributed by atoms with Crippen molar-refractivity contribution in [2.45, 2.75) is 13.8 Å². The van der Waals surface area contributed by atoms with Crippen LogP contribution in [0, 0.1) is 13.8 Å². The fourth-order valence-electron chi connectivity index (χ4n) is 8.16. The van der Waals surface area contributed by atoms with Crippen LogP contribution in [0.3, 0.4) is 0 Å². The van der Waals surface area contributed by atoms with Crippen molar-refractivity contribution in [1.29, 1.82) is 0 Å². The largest absolute Gasteiger partial charge is 0.310 e. The summed E-state index contributed by atoms with van der Waals surface area (Å²) in [6.45, 7) is 4.35. The Labute approximate surface area is 348 Å². The molecule has 0 radical (unpaired) electrons. The Morgan fingerprint density at radius 2 is 0.638 bits per heavy atom. The minimum atomic E-state index is 1.11. The van der Waals surface area contributed by atoms with Crippen LogP contribution in [0.1, 0.15) is 9.75 Å². The average molecular weight is 781 g/mol. The first kappa shape index (κ1) is 35.7. The van der Waals surface area contributed by atoms with Gasteiger partial charge in [0.05, 0.1) is 11.4 Å². The highest BCUT2D eigenvalue weighted by Crippen LogP contribution is 2.45.